The van der Waals surface area contributed by atoms with Gasteiger partial charge in [-0.2, -0.15) is 5.10 Å². The first-order chi connectivity index (χ1) is 16.0. The zero-order chi connectivity index (χ0) is 24.6. The van der Waals surface area contributed by atoms with Crippen molar-refractivity contribution in [2.45, 2.75) is 39.8 Å². The van der Waals surface area contributed by atoms with Gasteiger partial charge in [0.1, 0.15) is 5.82 Å². The van der Waals surface area contributed by atoms with Crippen LogP contribution in [0.5, 0.6) is 0 Å². The van der Waals surface area contributed by atoms with Crippen LogP contribution in [0.1, 0.15) is 43.6 Å². The van der Waals surface area contributed by atoms with Crippen molar-refractivity contribution >= 4 is 23.7 Å². The second kappa shape index (κ2) is 9.43. The average Bonchev–Trinajstić information content (AvgIpc) is 3.07. The molecule has 0 aliphatic carbocycles. The van der Waals surface area contributed by atoms with Crippen molar-refractivity contribution in [1.82, 2.24) is 19.2 Å². The lowest BCUT2D eigenvalue weighted by Crippen LogP contribution is -2.47. The van der Waals surface area contributed by atoms with Crippen LogP contribution in [0, 0.1) is 10.6 Å². The molecule has 0 amide bonds. The van der Waals surface area contributed by atoms with Gasteiger partial charge in [-0.3, -0.25) is 9.69 Å². The first kappa shape index (κ1) is 24.3. The van der Waals surface area contributed by atoms with Gasteiger partial charge in [0.05, 0.1) is 12.4 Å². The van der Waals surface area contributed by atoms with Gasteiger partial charge in [0.25, 0.3) is 0 Å². The molecule has 1 aliphatic rings. The van der Waals surface area contributed by atoms with Crippen molar-refractivity contribution in [3.8, 4) is 11.4 Å². The summed E-state index contributed by atoms with van der Waals surface area (Å²) in [6.07, 6.45) is 0. The summed E-state index contributed by atoms with van der Waals surface area (Å²) in [4.78, 5) is 15.8. The minimum absolute atomic E-state index is 0.101. The molecule has 2 aromatic carbocycles. The third-order valence-electron chi connectivity index (χ3n) is 6.45. The molecule has 0 spiro atoms. The molecule has 0 bridgehead atoms. The summed E-state index contributed by atoms with van der Waals surface area (Å²) < 4.78 is 19.0. The second-order valence-corrected chi connectivity index (χ2v) is 10.3. The number of piperazine rings is 1. The zero-order valence-electron chi connectivity index (χ0n) is 20.5. The quantitative estimate of drug-likeness (QED) is 0.378. The summed E-state index contributed by atoms with van der Waals surface area (Å²) in [6, 6.07) is 13.2. The highest BCUT2D eigenvalue weighted by Gasteiger charge is 2.22. The molecule has 6 nitrogen and oxygen atoms in total. The largest absolute Gasteiger partial charge is 0.367 e. The molecule has 4 rings (SSSR count). The van der Waals surface area contributed by atoms with Crippen LogP contribution in [0.25, 0.3) is 11.4 Å². The lowest BCUT2D eigenvalue weighted by Gasteiger charge is -2.36. The number of nitrogens with zero attached hydrogens (tertiary/aromatic N) is 5. The summed E-state index contributed by atoms with van der Waals surface area (Å²) in [6.45, 7) is 11.6. The number of carbonyl (C=O) groups is 1. The third-order valence-corrected chi connectivity index (χ3v) is 6.94. The van der Waals surface area contributed by atoms with Gasteiger partial charge in [0.2, 0.25) is 0 Å². The van der Waals surface area contributed by atoms with Crippen LogP contribution in [0.15, 0.2) is 42.5 Å². The van der Waals surface area contributed by atoms with Crippen molar-refractivity contribution in [1.29, 1.82) is 0 Å². The van der Waals surface area contributed by atoms with Crippen LogP contribution in [-0.4, -0.2) is 51.2 Å². The van der Waals surface area contributed by atoms with Crippen LogP contribution in [-0.2, 0) is 19.1 Å². The topological polar surface area (TPSA) is 46.3 Å². The maximum atomic E-state index is 14.6. The number of aromatic nitrogens is 3. The number of hydrogen-bond donors (Lipinski definition) is 0. The number of benzene rings is 2. The summed E-state index contributed by atoms with van der Waals surface area (Å²) in [7, 11) is 1.95. The number of hydrogen-bond acceptors (Lipinski definition) is 5. The molecular formula is C26H32FN5OS. The van der Waals surface area contributed by atoms with E-state index in [1.165, 1.54) is 18.6 Å². The van der Waals surface area contributed by atoms with Crippen molar-refractivity contribution in [2.24, 2.45) is 7.05 Å². The maximum Gasteiger partial charge on any atom is 0.199 e. The van der Waals surface area contributed by atoms with E-state index in [2.05, 4.69) is 49.9 Å². The molecule has 2 heterocycles. The van der Waals surface area contributed by atoms with Gasteiger partial charge in [0, 0.05) is 44.4 Å². The smallest absolute Gasteiger partial charge is 0.199 e. The average molecular weight is 482 g/mol. The lowest BCUT2D eigenvalue weighted by molar-refractivity contribution is 0.101. The molecule has 0 unspecified atom stereocenters. The zero-order valence-corrected chi connectivity index (χ0v) is 21.3. The SMILES string of the molecule is CC(=O)c1ccc(N2CCN(Cn3nc(-c4ccc(C(C)(C)C)cc4)n(C)c3=S)CC2)c(F)c1. The molecule has 1 saturated heterocycles. The van der Waals surface area contributed by atoms with Gasteiger partial charge >= 0.3 is 0 Å². The molecule has 1 aliphatic heterocycles. The van der Waals surface area contributed by atoms with Gasteiger partial charge in [-0.1, -0.05) is 45.0 Å². The number of Topliss-reactive ketones (excluding diaryl/α,β-unsaturated/α-hetero) is 1. The highest BCUT2D eigenvalue weighted by molar-refractivity contribution is 7.71. The first-order valence-corrected chi connectivity index (χ1v) is 12.0. The molecule has 0 atom stereocenters. The number of halogens is 1. The van der Waals surface area contributed by atoms with Gasteiger partial charge in [-0.15, -0.1) is 0 Å². The van der Waals surface area contributed by atoms with Gasteiger partial charge in [0.15, 0.2) is 16.4 Å². The number of ketones is 1. The Hall–Kier alpha value is -2.84. The van der Waals surface area contributed by atoms with Crippen molar-refractivity contribution < 1.29 is 9.18 Å². The summed E-state index contributed by atoms with van der Waals surface area (Å²) in [5.74, 6) is 0.360. The van der Waals surface area contributed by atoms with Gasteiger partial charge in [-0.05, 0) is 48.3 Å². The van der Waals surface area contributed by atoms with E-state index in [-0.39, 0.29) is 17.0 Å². The van der Waals surface area contributed by atoms with E-state index in [9.17, 15) is 9.18 Å². The predicted molar refractivity (Wildman–Crippen MR) is 136 cm³/mol. The molecule has 0 N–H and O–H groups in total. The normalized spacial score (nSPS) is 15.1. The molecule has 1 fully saturated rings. The Balaban J connectivity index is 1.44. The van der Waals surface area contributed by atoms with E-state index in [1.807, 2.05) is 21.2 Å². The van der Waals surface area contributed by atoms with Crippen molar-refractivity contribution in [3.63, 3.8) is 0 Å². The monoisotopic (exact) mass is 481 g/mol. The van der Waals surface area contributed by atoms with E-state index in [1.54, 1.807) is 12.1 Å². The number of carbonyl (C=O) groups excluding carboxylic acids is 1. The fraction of sp³-hybridized carbons (Fsp3) is 0.423. The number of anilines is 1. The predicted octanol–water partition coefficient (Wildman–Crippen LogP) is 5.04. The summed E-state index contributed by atoms with van der Waals surface area (Å²) in [5, 5.41) is 4.81. The molecule has 3 aromatic rings. The Kier molecular flexibility index (Phi) is 6.73. The van der Waals surface area contributed by atoms with Crippen molar-refractivity contribution in [3.05, 3.63) is 64.2 Å². The Labute approximate surface area is 205 Å². The highest BCUT2D eigenvalue weighted by Crippen LogP contribution is 2.26. The molecule has 0 radical (unpaired) electrons. The Bertz CT molecular complexity index is 1250. The summed E-state index contributed by atoms with van der Waals surface area (Å²) >= 11 is 5.67. The van der Waals surface area contributed by atoms with E-state index in [0.717, 1.165) is 24.5 Å². The van der Waals surface area contributed by atoms with Crippen LogP contribution in [0.2, 0.25) is 0 Å². The van der Waals surface area contributed by atoms with E-state index >= 15 is 0 Å². The van der Waals surface area contributed by atoms with E-state index in [4.69, 9.17) is 17.3 Å². The van der Waals surface area contributed by atoms with Crippen LogP contribution in [0.4, 0.5) is 10.1 Å². The standard InChI is InChI=1S/C26H32FN5OS/c1-18(33)20-8-11-23(22(27)16-20)31-14-12-30(13-15-31)17-32-25(34)29(5)24(28-32)19-6-9-21(10-7-19)26(2,3)4/h6-11,16H,12-15,17H2,1-5H3. The maximum absolute atomic E-state index is 14.6. The molecule has 180 valence electrons. The van der Waals surface area contributed by atoms with Crippen LogP contribution < -0.4 is 4.90 Å². The molecule has 34 heavy (non-hydrogen) atoms. The van der Waals surface area contributed by atoms with Crippen LogP contribution in [0.3, 0.4) is 0 Å². The highest BCUT2D eigenvalue weighted by atomic mass is 32.1. The molecule has 0 saturated carbocycles. The second-order valence-electron chi connectivity index (χ2n) is 9.96. The van der Waals surface area contributed by atoms with Crippen LogP contribution >= 0.6 is 12.2 Å². The Morgan fingerprint density at radius 2 is 1.71 bits per heavy atom. The Morgan fingerprint density at radius 1 is 1.06 bits per heavy atom. The van der Waals surface area contributed by atoms with Crippen molar-refractivity contribution in [2.75, 3.05) is 31.1 Å². The Morgan fingerprint density at radius 3 is 2.26 bits per heavy atom. The minimum atomic E-state index is -0.352. The minimum Gasteiger partial charge on any atom is -0.367 e. The van der Waals surface area contributed by atoms with E-state index in [0.29, 0.717) is 35.8 Å². The fourth-order valence-electron chi connectivity index (χ4n) is 4.25. The molecular weight excluding hydrogens is 449 g/mol. The molecule has 1 aromatic heterocycles. The summed E-state index contributed by atoms with van der Waals surface area (Å²) in [5.41, 5.74) is 3.36. The molecule has 8 heteroatoms. The van der Waals surface area contributed by atoms with Gasteiger partial charge in [-0.25, -0.2) is 9.07 Å². The fourth-order valence-corrected chi connectivity index (χ4v) is 4.44. The first-order valence-electron chi connectivity index (χ1n) is 11.6. The third kappa shape index (κ3) is 4.98. The number of rotatable bonds is 5. The van der Waals surface area contributed by atoms with Gasteiger partial charge < -0.3 is 9.47 Å². The van der Waals surface area contributed by atoms with E-state index < -0.39 is 0 Å². The lowest BCUT2D eigenvalue weighted by atomic mass is 9.87.